The Morgan fingerprint density at radius 3 is 1.93 bits per heavy atom. The molecule has 4 bridgehead atoms. The van der Waals surface area contributed by atoms with Crippen molar-refractivity contribution < 1.29 is 19.8 Å². The fourth-order valence-electron chi connectivity index (χ4n) is 6.58. The van der Waals surface area contributed by atoms with E-state index in [-0.39, 0.29) is 16.7 Å². The highest BCUT2D eigenvalue weighted by molar-refractivity contribution is 6.03. The van der Waals surface area contributed by atoms with Gasteiger partial charge >= 0.3 is 11.9 Å². The summed E-state index contributed by atoms with van der Waals surface area (Å²) in [7, 11) is 0. The van der Waals surface area contributed by atoms with Gasteiger partial charge in [0.2, 0.25) is 0 Å². The first kappa shape index (κ1) is 18.9. The quantitative estimate of drug-likeness (QED) is 0.715. The van der Waals surface area contributed by atoms with Crippen molar-refractivity contribution in [1.82, 2.24) is 0 Å². The van der Waals surface area contributed by atoms with Crippen LogP contribution in [-0.2, 0) is 5.41 Å². The highest BCUT2D eigenvalue weighted by atomic mass is 16.4. The average Bonchev–Trinajstić information content (AvgIpc) is 2.71. The maximum absolute atomic E-state index is 11.6. The summed E-state index contributed by atoms with van der Waals surface area (Å²) in [6, 6.07) is 12.8. The molecule has 0 spiro atoms. The van der Waals surface area contributed by atoms with E-state index in [0.29, 0.717) is 5.41 Å². The molecule has 30 heavy (non-hydrogen) atoms. The second kappa shape index (κ2) is 7.02. The maximum atomic E-state index is 11.6. The lowest BCUT2D eigenvalue weighted by atomic mass is 9.48. The van der Waals surface area contributed by atoms with Crippen molar-refractivity contribution in [3.05, 3.63) is 70.3 Å². The molecule has 2 N–H and O–H groups in total. The lowest BCUT2D eigenvalue weighted by Crippen LogP contribution is -2.48. The molecule has 4 saturated carbocycles. The van der Waals surface area contributed by atoms with Crippen LogP contribution in [0.2, 0.25) is 0 Å². The van der Waals surface area contributed by atoms with E-state index in [1.807, 2.05) is 12.1 Å². The predicted molar refractivity (Wildman–Crippen MR) is 113 cm³/mol. The third-order valence-electron chi connectivity index (χ3n) is 7.39. The molecular weight excluding hydrogens is 376 g/mol. The molecular formula is C26H24O4. The summed E-state index contributed by atoms with van der Waals surface area (Å²) in [5, 5.41) is 18.7. The first-order chi connectivity index (χ1) is 14.4. The van der Waals surface area contributed by atoms with Gasteiger partial charge in [-0.25, -0.2) is 9.59 Å². The molecule has 4 fully saturated rings. The summed E-state index contributed by atoms with van der Waals surface area (Å²) in [4.78, 5) is 22.9. The molecule has 152 valence electrons. The van der Waals surface area contributed by atoms with Crippen LogP contribution in [0, 0.1) is 29.6 Å². The molecule has 0 saturated heterocycles. The van der Waals surface area contributed by atoms with E-state index >= 15 is 0 Å². The molecule has 4 nitrogen and oxygen atoms in total. The Balaban J connectivity index is 1.43. The van der Waals surface area contributed by atoms with Gasteiger partial charge in [0.25, 0.3) is 0 Å². The van der Waals surface area contributed by atoms with Crippen molar-refractivity contribution >= 4 is 11.9 Å². The molecule has 0 atom stereocenters. The molecule has 0 unspecified atom stereocenters. The van der Waals surface area contributed by atoms with Gasteiger partial charge in [-0.2, -0.15) is 0 Å². The largest absolute Gasteiger partial charge is 0.478 e. The van der Waals surface area contributed by atoms with Crippen LogP contribution < -0.4 is 0 Å². The van der Waals surface area contributed by atoms with Crippen molar-refractivity contribution in [1.29, 1.82) is 0 Å². The van der Waals surface area contributed by atoms with Gasteiger partial charge in [0.05, 0.1) is 11.1 Å². The van der Waals surface area contributed by atoms with Gasteiger partial charge in [-0.05, 0) is 91.5 Å². The number of carboxylic acids is 2. The normalized spacial score (nSPS) is 28.6. The van der Waals surface area contributed by atoms with Gasteiger partial charge in [0.1, 0.15) is 0 Å². The lowest BCUT2D eigenvalue weighted by molar-refractivity contribution is -0.00519. The summed E-state index contributed by atoms with van der Waals surface area (Å²) in [5.74, 6) is 6.02. The van der Waals surface area contributed by atoms with Crippen molar-refractivity contribution in [2.24, 2.45) is 17.8 Å². The van der Waals surface area contributed by atoms with Crippen molar-refractivity contribution in [2.45, 2.75) is 43.9 Å². The third kappa shape index (κ3) is 3.19. The van der Waals surface area contributed by atoms with Crippen LogP contribution in [0.4, 0.5) is 0 Å². The molecule has 0 aliphatic heterocycles. The summed E-state index contributed by atoms with van der Waals surface area (Å²) in [5.41, 5.74) is 2.28. The second-order valence-corrected chi connectivity index (χ2v) is 9.36. The Bertz CT molecular complexity index is 1050. The van der Waals surface area contributed by atoms with E-state index in [9.17, 15) is 19.8 Å². The zero-order valence-corrected chi connectivity index (χ0v) is 16.7. The fraction of sp³-hybridized carbons (Fsp3) is 0.385. The van der Waals surface area contributed by atoms with Gasteiger partial charge < -0.3 is 10.2 Å². The van der Waals surface area contributed by atoms with E-state index in [4.69, 9.17) is 0 Å². The van der Waals surface area contributed by atoms with E-state index in [1.165, 1.54) is 56.2 Å². The third-order valence-corrected chi connectivity index (χ3v) is 7.39. The molecule has 4 aliphatic carbocycles. The van der Waals surface area contributed by atoms with Crippen LogP contribution in [0.3, 0.4) is 0 Å². The Morgan fingerprint density at radius 2 is 1.40 bits per heavy atom. The number of benzene rings is 2. The van der Waals surface area contributed by atoms with Crippen LogP contribution in [0.15, 0.2) is 42.5 Å². The summed E-state index contributed by atoms with van der Waals surface area (Å²) in [6.07, 6.45) is 8.20. The van der Waals surface area contributed by atoms with Crippen LogP contribution in [0.1, 0.15) is 75.9 Å². The Labute approximate surface area is 175 Å². The standard InChI is InChI=1S/C26H24O4/c27-24(28)22-3-1-2-20(23(22)25(29)30)7-4-16-5-8-21(9-6-16)26-13-17-10-18(14-26)12-19(11-17)15-26/h1-3,5-6,8-9,17-19H,10-15H2,(H,27,28)(H,29,30). The molecule has 4 heteroatoms. The average molecular weight is 400 g/mol. The number of hydrogen-bond acceptors (Lipinski definition) is 2. The maximum Gasteiger partial charge on any atom is 0.337 e. The molecule has 0 aromatic heterocycles. The SMILES string of the molecule is O=C(O)c1cccc(C#Cc2ccc(C34CC5CC(CC(C5)C3)C4)cc2)c1C(=O)O. The van der Waals surface area contributed by atoms with Crippen molar-refractivity contribution in [2.75, 3.05) is 0 Å². The number of hydrogen-bond donors (Lipinski definition) is 2. The Hall–Kier alpha value is -3.06. The molecule has 2 aromatic rings. The first-order valence-corrected chi connectivity index (χ1v) is 10.7. The smallest absolute Gasteiger partial charge is 0.337 e. The molecule has 6 rings (SSSR count). The van der Waals surface area contributed by atoms with Crippen LogP contribution >= 0.6 is 0 Å². The second-order valence-electron chi connectivity index (χ2n) is 9.36. The zero-order valence-electron chi connectivity index (χ0n) is 16.7. The highest BCUT2D eigenvalue weighted by Crippen LogP contribution is 2.60. The molecule has 4 aliphatic rings. The van der Waals surface area contributed by atoms with E-state index in [0.717, 1.165) is 23.3 Å². The van der Waals surface area contributed by atoms with Gasteiger partial charge in [-0.15, -0.1) is 0 Å². The number of carboxylic acid groups (broad SMARTS) is 2. The van der Waals surface area contributed by atoms with E-state index in [2.05, 4.69) is 24.0 Å². The zero-order chi connectivity index (χ0) is 20.9. The highest BCUT2D eigenvalue weighted by Gasteiger charge is 2.51. The van der Waals surface area contributed by atoms with Crippen molar-refractivity contribution in [3.8, 4) is 11.8 Å². The van der Waals surface area contributed by atoms with Crippen LogP contribution in [0.25, 0.3) is 0 Å². The lowest BCUT2D eigenvalue weighted by Gasteiger charge is -2.57. The minimum absolute atomic E-state index is 0.215. The topological polar surface area (TPSA) is 74.6 Å². The summed E-state index contributed by atoms with van der Waals surface area (Å²) >= 11 is 0. The summed E-state index contributed by atoms with van der Waals surface area (Å²) in [6.45, 7) is 0. The van der Waals surface area contributed by atoms with Gasteiger partial charge in [-0.1, -0.05) is 30.0 Å². The summed E-state index contributed by atoms with van der Waals surface area (Å²) < 4.78 is 0. The minimum Gasteiger partial charge on any atom is -0.478 e. The van der Waals surface area contributed by atoms with Crippen LogP contribution in [-0.4, -0.2) is 22.2 Å². The van der Waals surface area contributed by atoms with Gasteiger partial charge in [0, 0.05) is 11.1 Å². The van der Waals surface area contributed by atoms with E-state index < -0.39 is 11.9 Å². The minimum atomic E-state index is -1.28. The monoisotopic (exact) mass is 400 g/mol. The fourth-order valence-corrected chi connectivity index (χ4v) is 6.58. The number of rotatable bonds is 3. The number of carbonyl (C=O) groups is 2. The van der Waals surface area contributed by atoms with Crippen molar-refractivity contribution in [3.63, 3.8) is 0 Å². The number of aromatic carboxylic acids is 2. The molecule has 2 aromatic carbocycles. The predicted octanol–water partition coefficient (Wildman–Crippen LogP) is 4.95. The first-order valence-electron chi connectivity index (χ1n) is 10.7. The Kier molecular flexibility index (Phi) is 4.43. The van der Waals surface area contributed by atoms with Gasteiger partial charge in [-0.3, -0.25) is 0 Å². The van der Waals surface area contributed by atoms with Crippen LogP contribution in [0.5, 0.6) is 0 Å². The van der Waals surface area contributed by atoms with E-state index in [1.54, 1.807) is 6.07 Å². The molecule has 0 heterocycles. The molecule has 0 radical (unpaired) electrons. The molecule has 0 amide bonds. The van der Waals surface area contributed by atoms with Gasteiger partial charge in [0.15, 0.2) is 0 Å². The Morgan fingerprint density at radius 1 is 0.800 bits per heavy atom.